The van der Waals surface area contributed by atoms with Crippen molar-refractivity contribution in [2.24, 2.45) is 7.05 Å². The van der Waals surface area contributed by atoms with Gasteiger partial charge in [-0.15, -0.1) is 0 Å². The number of aromatic nitrogens is 2. The number of hydrogen-bond donors (Lipinski definition) is 2. The molecule has 0 spiro atoms. The molecule has 0 saturated carbocycles. The van der Waals surface area contributed by atoms with Gasteiger partial charge in [-0.25, -0.2) is 0 Å². The third kappa shape index (κ3) is 3.53. The van der Waals surface area contributed by atoms with E-state index in [4.69, 9.17) is 0 Å². The van der Waals surface area contributed by atoms with E-state index in [0.29, 0.717) is 16.9 Å². The minimum atomic E-state index is -3.52. The van der Waals surface area contributed by atoms with Crippen molar-refractivity contribution < 1.29 is 18.4 Å². The van der Waals surface area contributed by atoms with Crippen molar-refractivity contribution in [3.63, 3.8) is 0 Å². The monoisotopic (exact) mass is 395 g/mol. The van der Waals surface area contributed by atoms with Crippen LogP contribution >= 0.6 is 11.8 Å². The van der Waals surface area contributed by atoms with Gasteiger partial charge in [-0.05, 0) is 35.8 Å². The number of nitrogens with one attached hydrogen (secondary N) is 1. The van der Waals surface area contributed by atoms with Gasteiger partial charge in [0.25, 0.3) is 5.24 Å². The number of amides is 2. The number of hydrogen-bond acceptors (Lipinski definition) is 5. The highest BCUT2D eigenvalue weighted by molar-refractivity contribution is 8.14. The van der Waals surface area contributed by atoms with E-state index in [1.807, 2.05) is 6.92 Å². The molecule has 1 aliphatic heterocycles. The number of aryl methyl sites for hydroxylation is 2. The molecule has 1 fully saturated rings. The molecule has 138 valence electrons. The first-order valence-corrected chi connectivity index (χ1v) is 10.3. The lowest BCUT2D eigenvalue weighted by Crippen LogP contribution is -2.28. The Morgan fingerprint density at radius 3 is 2.42 bits per heavy atom. The SMILES string of the molecule is Cc1nn(C)c(C)c1N[S+](=O)(O)c1ccc(CN2C(=O)CSC2=O)cc1. The van der Waals surface area contributed by atoms with Crippen molar-refractivity contribution in [1.82, 2.24) is 14.7 Å². The van der Waals surface area contributed by atoms with E-state index in [2.05, 4.69) is 9.82 Å². The minimum absolute atomic E-state index is 0.159. The molecule has 1 aromatic carbocycles. The summed E-state index contributed by atoms with van der Waals surface area (Å²) in [5.74, 6) is -0.0611. The van der Waals surface area contributed by atoms with Crippen molar-refractivity contribution in [1.29, 1.82) is 0 Å². The van der Waals surface area contributed by atoms with Crippen molar-refractivity contribution in [3.05, 3.63) is 41.2 Å². The van der Waals surface area contributed by atoms with E-state index in [1.165, 1.54) is 17.0 Å². The highest BCUT2D eigenvalue weighted by atomic mass is 32.3. The van der Waals surface area contributed by atoms with Gasteiger partial charge >= 0.3 is 10.4 Å². The third-order valence-electron chi connectivity index (χ3n) is 4.17. The van der Waals surface area contributed by atoms with E-state index < -0.39 is 10.4 Å². The standard InChI is InChI=1S/C16H18N4O4S2/c1-10-15(11(2)19(3)17-10)18-26(23,24)13-6-4-12(5-7-13)8-20-14(21)9-25-16(20)22/h4-7H,8-9H2,1-3H3,(H-,18,23,24)/p+1. The van der Waals surface area contributed by atoms with E-state index in [0.717, 1.165) is 17.5 Å². The van der Waals surface area contributed by atoms with Crippen molar-refractivity contribution >= 4 is 39.0 Å². The van der Waals surface area contributed by atoms with Crippen LogP contribution in [0.2, 0.25) is 0 Å². The molecule has 8 nitrogen and oxygen atoms in total. The summed E-state index contributed by atoms with van der Waals surface area (Å²) in [5.41, 5.74) is 2.62. The number of benzene rings is 1. The Bertz CT molecular complexity index is 907. The zero-order chi connectivity index (χ0) is 19.1. The molecule has 1 unspecified atom stereocenters. The number of carbonyl (C=O) groups is 2. The minimum Gasteiger partial charge on any atom is -0.273 e. The fourth-order valence-corrected chi connectivity index (χ4v) is 4.53. The molecule has 26 heavy (non-hydrogen) atoms. The summed E-state index contributed by atoms with van der Waals surface area (Å²) in [7, 11) is -1.75. The molecule has 0 aliphatic carbocycles. The summed E-state index contributed by atoms with van der Waals surface area (Å²) < 4.78 is 27.4. The smallest absolute Gasteiger partial charge is 0.273 e. The Kier molecular flexibility index (Phi) is 4.91. The van der Waals surface area contributed by atoms with Crippen LogP contribution in [0.15, 0.2) is 29.2 Å². The molecule has 1 aliphatic rings. The van der Waals surface area contributed by atoms with Crippen molar-refractivity contribution in [3.8, 4) is 0 Å². The van der Waals surface area contributed by atoms with Gasteiger partial charge in [0.1, 0.15) is 5.69 Å². The van der Waals surface area contributed by atoms with Crippen LogP contribution in [0, 0.1) is 13.8 Å². The number of anilines is 1. The molecular formula is C16H19N4O4S2+. The van der Waals surface area contributed by atoms with Crippen LogP contribution < -0.4 is 4.72 Å². The predicted octanol–water partition coefficient (Wildman–Crippen LogP) is 2.59. The van der Waals surface area contributed by atoms with Crippen LogP contribution in [0.3, 0.4) is 0 Å². The van der Waals surface area contributed by atoms with Crippen LogP contribution in [0.25, 0.3) is 0 Å². The molecule has 1 aromatic heterocycles. The van der Waals surface area contributed by atoms with Gasteiger partial charge in [0.15, 0.2) is 0 Å². The zero-order valence-corrected chi connectivity index (χ0v) is 16.2. The Morgan fingerprint density at radius 2 is 1.92 bits per heavy atom. The molecule has 0 bridgehead atoms. The topological polar surface area (TPSA) is 105 Å². The molecule has 3 rings (SSSR count). The second-order valence-corrected chi connectivity index (χ2v) is 8.63. The average molecular weight is 395 g/mol. The van der Waals surface area contributed by atoms with Gasteiger partial charge in [0.05, 0.1) is 23.7 Å². The van der Waals surface area contributed by atoms with Gasteiger partial charge in [-0.1, -0.05) is 23.9 Å². The largest absolute Gasteiger partial charge is 0.346 e. The molecule has 1 saturated heterocycles. The molecular weight excluding hydrogens is 376 g/mol. The fourth-order valence-electron chi connectivity index (χ4n) is 2.61. The van der Waals surface area contributed by atoms with Crippen LogP contribution in [-0.2, 0) is 33.0 Å². The van der Waals surface area contributed by atoms with Gasteiger partial charge in [-0.2, -0.15) is 14.4 Å². The molecule has 2 amide bonds. The Morgan fingerprint density at radius 1 is 1.27 bits per heavy atom. The van der Waals surface area contributed by atoms with Gasteiger partial charge in [0.2, 0.25) is 10.8 Å². The highest BCUT2D eigenvalue weighted by Gasteiger charge is 2.33. The lowest BCUT2D eigenvalue weighted by Gasteiger charge is -2.13. The van der Waals surface area contributed by atoms with Crippen LogP contribution in [0.4, 0.5) is 10.5 Å². The second-order valence-electron chi connectivity index (χ2n) is 5.98. The Labute approximate surface area is 156 Å². The molecule has 10 heteroatoms. The first-order valence-electron chi connectivity index (χ1n) is 7.79. The molecule has 2 aromatic rings. The fraction of sp³-hybridized carbons (Fsp3) is 0.312. The van der Waals surface area contributed by atoms with Crippen LogP contribution in [-0.4, -0.2) is 36.1 Å². The maximum Gasteiger partial charge on any atom is 0.346 e. The third-order valence-corrected chi connectivity index (χ3v) is 6.42. The highest BCUT2D eigenvalue weighted by Crippen LogP contribution is 2.26. The van der Waals surface area contributed by atoms with E-state index in [9.17, 15) is 18.4 Å². The van der Waals surface area contributed by atoms with Crippen LogP contribution in [0.5, 0.6) is 0 Å². The summed E-state index contributed by atoms with van der Waals surface area (Å²) >= 11 is 0.980. The summed E-state index contributed by atoms with van der Waals surface area (Å²) in [5, 5.41) is 3.95. The maximum atomic E-state index is 12.7. The summed E-state index contributed by atoms with van der Waals surface area (Å²) in [4.78, 5) is 24.7. The van der Waals surface area contributed by atoms with Crippen molar-refractivity contribution in [2.45, 2.75) is 25.3 Å². The van der Waals surface area contributed by atoms with E-state index >= 15 is 0 Å². The number of carbonyl (C=O) groups excluding carboxylic acids is 2. The number of imide groups is 1. The van der Waals surface area contributed by atoms with E-state index in [1.54, 1.807) is 30.8 Å². The summed E-state index contributed by atoms with van der Waals surface area (Å²) in [6, 6.07) is 6.31. The number of thioether (sulfide) groups is 1. The summed E-state index contributed by atoms with van der Waals surface area (Å²) in [6.07, 6.45) is 0. The number of rotatable bonds is 5. The Balaban J connectivity index is 1.77. The lowest BCUT2D eigenvalue weighted by atomic mass is 10.2. The molecule has 2 heterocycles. The van der Waals surface area contributed by atoms with E-state index in [-0.39, 0.29) is 28.3 Å². The zero-order valence-electron chi connectivity index (χ0n) is 14.6. The van der Waals surface area contributed by atoms with Crippen molar-refractivity contribution in [2.75, 3.05) is 10.5 Å². The van der Waals surface area contributed by atoms with Gasteiger partial charge in [0, 0.05) is 7.05 Å². The van der Waals surface area contributed by atoms with Gasteiger partial charge in [-0.3, -0.25) is 19.2 Å². The first kappa shape index (κ1) is 18.6. The molecule has 0 radical (unpaired) electrons. The molecule has 1 atom stereocenters. The Hall–Kier alpha value is -2.17. The maximum absolute atomic E-state index is 12.7. The normalized spacial score (nSPS) is 16.8. The van der Waals surface area contributed by atoms with Gasteiger partial charge < -0.3 is 0 Å². The lowest BCUT2D eigenvalue weighted by molar-refractivity contribution is -0.125. The second kappa shape index (κ2) is 6.86. The quantitative estimate of drug-likeness (QED) is 0.754. The average Bonchev–Trinajstić information content (AvgIpc) is 3.02. The molecule has 2 N–H and O–H groups in total. The predicted molar refractivity (Wildman–Crippen MR) is 100 cm³/mol. The first-order chi connectivity index (χ1) is 12.2. The summed E-state index contributed by atoms with van der Waals surface area (Å²) in [6.45, 7) is 3.73. The number of nitrogens with zero attached hydrogens (tertiary/aromatic N) is 3. The van der Waals surface area contributed by atoms with Crippen LogP contribution in [0.1, 0.15) is 17.0 Å².